The van der Waals surface area contributed by atoms with Gasteiger partial charge in [-0.3, -0.25) is 0 Å². The molecule has 1 aromatic carbocycles. The van der Waals surface area contributed by atoms with Crippen LogP contribution < -0.4 is 10.1 Å². The van der Waals surface area contributed by atoms with Crippen LogP contribution in [0.25, 0.3) is 0 Å². The van der Waals surface area contributed by atoms with Gasteiger partial charge in [-0.15, -0.1) is 10.2 Å². The van der Waals surface area contributed by atoms with Crippen molar-refractivity contribution in [2.24, 2.45) is 7.05 Å². The highest BCUT2D eigenvalue weighted by Gasteiger charge is 2.14. The van der Waals surface area contributed by atoms with E-state index in [1.807, 2.05) is 18.2 Å². The van der Waals surface area contributed by atoms with Crippen molar-refractivity contribution in [2.75, 3.05) is 13.7 Å². The third-order valence-corrected chi connectivity index (χ3v) is 3.13. The normalized spacial score (nSPS) is 12.3. The maximum atomic E-state index is 5.40. The maximum absolute atomic E-state index is 5.40. The number of aryl methyl sites for hydroxylation is 1. The molecule has 2 aromatic rings. The molecule has 1 unspecified atom stereocenters. The first-order chi connectivity index (χ1) is 9.72. The molecule has 0 saturated carbocycles. The number of benzene rings is 1. The summed E-state index contributed by atoms with van der Waals surface area (Å²) in [7, 11) is 3.48. The van der Waals surface area contributed by atoms with E-state index in [1.54, 1.807) is 14.2 Å². The number of tetrazole rings is 1. The van der Waals surface area contributed by atoms with Gasteiger partial charge in [0.05, 0.1) is 14.2 Å². The van der Waals surface area contributed by atoms with Crippen LogP contribution >= 0.6 is 0 Å². The molecule has 1 atom stereocenters. The largest absolute Gasteiger partial charge is 0.496 e. The number of aromatic nitrogens is 4. The van der Waals surface area contributed by atoms with Gasteiger partial charge in [0.1, 0.15) is 5.75 Å². The number of nitrogens with one attached hydrogen (secondary N) is 1. The van der Waals surface area contributed by atoms with E-state index in [0.717, 1.165) is 31.0 Å². The van der Waals surface area contributed by atoms with E-state index in [9.17, 15) is 0 Å². The number of likely N-dealkylation sites (N-methyl/N-ethyl adjacent to an activating group) is 1. The smallest absolute Gasteiger partial charge is 0.176 e. The molecule has 0 radical (unpaired) electrons. The lowest BCUT2D eigenvalue weighted by atomic mass is 10.0. The first-order valence-electron chi connectivity index (χ1n) is 6.81. The Morgan fingerprint density at radius 1 is 1.30 bits per heavy atom. The summed E-state index contributed by atoms with van der Waals surface area (Å²) >= 11 is 0. The van der Waals surface area contributed by atoms with Crippen molar-refractivity contribution in [3.05, 3.63) is 35.7 Å². The maximum Gasteiger partial charge on any atom is 0.176 e. The predicted molar refractivity (Wildman–Crippen MR) is 76.7 cm³/mol. The minimum Gasteiger partial charge on any atom is -0.496 e. The highest BCUT2D eigenvalue weighted by molar-refractivity contribution is 5.33. The molecule has 2 rings (SSSR count). The second-order valence-corrected chi connectivity index (χ2v) is 4.67. The minimum absolute atomic E-state index is 0.264. The molecular formula is C14H21N5O. The molecule has 108 valence electrons. The Hall–Kier alpha value is -1.95. The number of methoxy groups -OCH3 is 1. The van der Waals surface area contributed by atoms with E-state index in [0.29, 0.717) is 0 Å². The topological polar surface area (TPSA) is 64.9 Å². The zero-order valence-corrected chi connectivity index (χ0v) is 12.2. The molecule has 0 saturated heterocycles. The summed E-state index contributed by atoms with van der Waals surface area (Å²) in [6, 6.07) is 8.35. The van der Waals surface area contributed by atoms with Gasteiger partial charge in [0.15, 0.2) is 5.82 Å². The number of para-hydroxylation sites is 1. The summed E-state index contributed by atoms with van der Waals surface area (Å²) in [5.74, 6) is 1.68. The van der Waals surface area contributed by atoms with Gasteiger partial charge in [-0.05, 0) is 29.8 Å². The zero-order chi connectivity index (χ0) is 14.4. The Morgan fingerprint density at radius 2 is 2.10 bits per heavy atom. The molecule has 0 aliphatic carbocycles. The fourth-order valence-corrected chi connectivity index (χ4v) is 2.27. The first-order valence-corrected chi connectivity index (χ1v) is 6.81. The monoisotopic (exact) mass is 275 g/mol. The predicted octanol–water partition coefficient (Wildman–Crippen LogP) is 0.982. The number of hydrogen-bond acceptors (Lipinski definition) is 5. The van der Waals surface area contributed by atoms with Crippen molar-refractivity contribution in [2.45, 2.75) is 25.8 Å². The highest BCUT2D eigenvalue weighted by Crippen LogP contribution is 2.19. The van der Waals surface area contributed by atoms with Crippen LogP contribution in [-0.4, -0.2) is 39.9 Å². The van der Waals surface area contributed by atoms with Gasteiger partial charge in [0.2, 0.25) is 0 Å². The first kappa shape index (κ1) is 14.5. The van der Waals surface area contributed by atoms with Crippen molar-refractivity contribution in [1.29, 1.82) is 0 Å². The molecule has 1 aromatic heterocycles. The quantitative estimate of drug-likeness (QED) is 0.816. The fraction of sp³-hybridized carbons (Fsp3) is 0.500. The molecule has 0 spiro atoms. The summed E-state index contributed by atoms with van der Waals surface area (Å²) < 4.78 is 5.40. The molecule has 1 N–H and O–H groups in total. The average Bonchev–Trinajstić information content (AvgIpc) is 2.85. The second-order valence-electron chi connectivity index (χ2n) is 4.67. The van der Waals surface area contributed by atoms with Crippen molar-refractivity contribution in [3.8, 4) is 5.75 Å². The van der Waals surface area contributed by atoms with Gasteiger partial charge in [-0.1, -0.05) is 25.1 Å². The third-order valence-electron chi connectivity index (χ3n) is 3.13. The van der Waals surface area contributed by atoms with Crippen molar-refractivity contribution in [3.63, 3.8) is 0 Å². The van der Waals surface area contributed by atoms with E-state index < -0.39 is 0 Å². The Morgan fingerprint density at radius 3 is 2.75 bits per heavy atom. The summed E-state index contributed by atoms with van der Waals surface area (Å²) in [6.07, 6.45) is 1.62. The molecule has 0 amide bonds. The minimum atomic E-state index is 0.264. The molecule has 6 nitrogen and oxygen atoms in total. The van der Waals surface area contributed by atoms with Gasteiger partial charge < -0.3 is 10.1 Å². The van der Waals surface area contributed by atoms with Crippen LogP contribution in [0.4, 0.5) is 0 Å². The van der Waals surface area contributed by atoms with Gasteiger partial charge in [-0.2, -0.15) is 4.80 Å². The summed E-state index contributed by atoms with van der Waals surface area (Å²) in [6.45, 7) is 3.00. The molecule has 1 heterocycles. The number of rotatable bonds is 7. The van der Waals surface area contributed by atoms with Gasteiger partial charge in [0, 0.05) is 12.5 Å². The van der Waals surface area contributed by atoms with Crippen LogP contribution in [-0.2, 0) is 19.9 Å². The Balaban J connectivity index is 2.08. The number of hydrogen-bond donors (Lipinski definition) is 1. The van der Waals surface area contributed by atoms with E-state index in [1.165, 1.54) is 10.4 Å². The van der Waals surface area contributed by atoms with Crippen molar-refractivity contribution >= 4 is 0 Å². The standard InChI is InChI=1S/C14H21N5O/c1-4-15-12(10-14-16-18-19(2)17-14)9-11-7-5-6-8-13(11)20-3/h5-8,12,15H,4,9-10H2,1-3H3. The number of ether oxygens (including phenoxy) is 1. The molecule has 0 fully saturated rings. The Bertz CT molecular complexity index is 540. The van der Waals surface area contributed by atoms with Crippen LogP contribution in [0.2, 0.25) is 0 Å². The van der Waals surface area contributed by atoms with E-state index in [4.69, 9.17) is 4.74 Å². The Labute approximate surface area is 119 Å². The third kappa shape index (κ3) is 3.77. The van der Waals surface area contributed by atoms with Gasteiger partial charge >= 0.3 is 0 Å². The molecular weight excluding hydrogens is 254 g/mol. The van der Waals surface area contributed by atoms with E-state index >= 15 is 0 Å². The summed E-state index contributed by atoms with van der Waals surface area (Å²) in [4.78, 5) is 1.49. The summed E-state index contributed by atoms with van der Waals surface area (Å²) in [5.41, 5.74) is 1.19. The van der Waals surface area contributed by atoms with Crippen LogP contribution in [0.3, 0.4) is 0 Å². The highest BCUT2D eigenvalue weighted by atomic mass is 16.5. The molecule has 0 bridgehead atoms. The molecule has 0 aliphatic rings. The molecule has 0 aliphatic heterocycles. The van der Waals surface area contributed by atoms with Crippen LogP contribution in [0.1, 0.15) is 18.3 Å². The van der Waals surface area contributed by atoms with E-state index in [-0.39, 0.29) is 6.04 Å². The van der Waals surface area contributed by atoms with E-state index in [2.05, 4.69) is 33.7 Å². The van der Waals surface area contributed by atoms with Crippen LogP contribution in [0, 0.1) is 0 Å². The summed E-state index contributed by atoms with van der Waals surface area (Å²) in [5, 5.41) is 15.6. The number of nitrogens with zero attached hydrogens (tertiary/aromatic N) is 4. The molecule has 20 heavy (non-hydrogen) atoms. The lowest BCUT2D eigenvalue weighted by Crippen LogP contribution is -2.33. The Kier molecular flexibility index (Phi) is 5.06. The van der Waals surface area contributed by atoms with Crippen molar-refractivity contribution in [1.82, 2.24) is 25.5 Å². The average molecular weight is 275 g/mol. The zero-order valence-electron chi connectivity index (χ0n) is 12.2. The lowest BCUT2D eigenvalue weighted by molar-refractivity contribution is 0.404. The fourth-order valence-electron chi connectivity index (χ4n) is 2.27. The van der Waals surface area contributed by atoms with Crippen LogP contribution in [0.5, 0.6) is 5.75 Å². The second kappa shape index (κ2) is 7.00. The van der Waals surface area contributed by atoms with Gasteiger partial charge in [-0.25, -0.2) is 0 Å². The molecule has 6 heteroatoms. The van der Waals surface area contributed by atoms with Crippen LogP contribution in [0.15, 0.2) is 24.3 Å². The van der Waals surface area contributed by atoms with Gasteiger partial charge in [0.25, 0.3) is 0 Å². The van der Waals surface area contributed by atoms with Crippen molar-refractivity contribution < 1.29 is 4.74 Å². The SMILES string of the molecule is CCNC(Cc1nnn(C)n1)Cc1ccccc1OC. The lowest BCUT2D eigenvalue weighted by Gasteiger charge is -2.17.